The maximum absolute atomic E-state index is 12.9. The molecular formula is C60H116O6. The summed E-state index contributed by atoms with van der Waals surface area (Å²) in [5.74, 6) is 0.829. The van der Waals surface area contributed by atoms with Crippen LogP contribution in [0.5, 0.6) is 0 Å². The van der Waals surface area contributed by atoms with Gasteiger partial charge in [-0.2, -0.15) is 0 Å². The Kier molecular flexibility index (Phi) is 51.5. The van der Waals surface area contributed by atoms with Crippen LogP contribution in [-0.2, 0) is 28.6 Å². The van der Waals surface area contributed by atoms with Crippen LogP contribution in [0.15, 0.2) is 0 Å². The van der Waals surface area contributed by atoms with Crippen LogP contribution in [0.1, 0.15) is 336 Å². The Hall–Kier alpha value is -1.59. The minimum atomic E-state index is -0.763. The molecule has 0 radical (unpaired) electrons. The molecule has 0 amide bonds. The predicted octanol–water partition coefficient (Wildman–Crippen LogP) is 19.7. The number of hydrogen-bond acceptors (Lipinski definition) is 6. The van der Waals surface area contributed by atoms with Crippen LogP contribution in [0.25, 0.3) is 0 Å². The molecule has 6 heteroatoms. The second kappa shape index (κ2) is 52.8. The van der Waals surface area contributed by atoms with Gasteiger partial charge in [-0.25, -0.2) is 0 Å². The van der Waals surface area contributed by atoms with Crippen LogP contribution in [-0.4, -0.2) is 37.2 Å². The molecule has 0 rings (SSSR count). The number of carbonyl (C=O) groups excluding carboxylic acids is 3. The lowest BCUT2D eigenvalue weighted by atomic mass is 10.0. The van der Waals surface area contributed by atoms with E-state index in [0.29, 0.717) is 19.3 Å². The van der Waals surface area contributed by atoms with Crippen molar-refractivity contribution in [2.24, 2.45) is 11.8 Å². The molecule has 0 spiro atoms. The zero-order chi connectivity index (χ0) is 48.2. The van der Waals surface area contributed by atoms with Crippen molar-refractivity contribution in [3.05, 3.63) is 0 Å². The summed E-state index contributed by atoms with van der Waals surface area (Å²) in [4.78, 5) is 38.2. The number of carbonyl (C=O) groups is 3. The first-order valence-corrected chi connectivity index (χ1v) is 29.7. The van der Waals surface area contributed by atoms with Gasteiger partial charge in [-0.05, 0) is 31.1 Å². The van der Waals surface area contributed by atoms with E-state index in [4.69, 9.17) is 14.2 Å². The van der Waals surface area contributed by atoms with Gasteiger partial charge in [-0.1, -0.05) is 298 Å². The standard InChI is InChI=1S/C60H116O6/c1-6-7-8-9-10-11-12-13-14-15-16-17-20-26-32-37-42-47-52-60(63)66-57(54-65-59(62)51-46-41-36-31-27-22-24-29-34-39-44-49-56(4)5)53-64-58(61)50-45-40-35-30-25-21-18-19-23-28-33-38-43-48-55(2)3/h55-57H,6-54H2,1-5H3/t57-/m0/s1. The monoisotopic (exact) mass is 933 g/mol. The Morgan fingerprint density at radius 2 is 0.500 bits per heavy atom. The average molecular weight is 934 g/mol. The molecule has 0 fully saturated rings. The molecule has 0 aliphatic rings. The summed E-state index contributed by atoms with van der Waals surface area (Å²) in [5.41, 5.74) is 0. The van der Waals surface area contributed by atoms with Gasteiger partial charge in [0.1, 0.15) is 13.2 Å². The number of rotatable bonds is 54. The summed E-state index contributed by atoms with van der Waals surface area (Å²) in [5, 5.41) is 0. The van der Waals surface area contributed by atoms with Crippen molar-refractivity contribution in [1.29, 1.82) is 0 Å². The van der Waals surface area contributed by atoms with Crippen LogP contribution in [0.2, 0.25) is 0 Å². The molecule has 0 bridgehead atoms. The van der Waals surface area contributed by atoms with Gasteiger partial charge >= 0.3 is 17.9 Å². The third-order valence-corrected chi connectivity index (χ3v) is 13.7. The number of ether oxygens (including phenoxy) is 3. The first-order chi connectivity index (χ1) is 32.2. The molecule has 0 heterocycles. The summed E-state index contributed by atoms with van der Waals surface area (Å²) in [6.07, 6.45) is 56.7. The topological polar surface area (TPSA) is 78.9 Å². The molecule has 0 saturated carbocycles. The van der Waals surface area contributed by atoms with Gasteiger partial charge < -0.3 is 14.2 Å². The predicted molar refractivity (Wildman–Crippen MR) is 284 cm³/mol. The molecular weight excluding hydrogens is 817 g/mol. The van der Waals surface area contributed by atoms with E-state index in [-0.39, 0.29) is 31.1 Å². The van der Waals surface area contributed by atoms with Crippen LogP contribution in [0, 0.1) is 11.8 Å². The first kappa shape index (κ1) is 64.4. The quantitative estimate of drug-likeness (QED) is 0.0343. The maximum Gasteiger partial charge on any atom is 0.306 e. The van der Waals surface area contributed by atoms with Crippen molar-refractivity contribution >= 4 is 17.9 Å². The van der Waals surface area contributed by atoms with E-state index in [1.165, 1.54) is 225 Å². The Morgan fingerprint density at radius 1 is 0.288 bits per heavy atom. The van der Waals surface area contributed by atoms with Gasteiger partial charge in [-0.3, -0.25) is 14.4 Å². The van der Waals surface area contributed by atoms with E-state index in [2.05, 4.69) is 34.6 Å². The highest BCUT2D eigenvalue weighted by molar-refractivity contribution is 5.71. The molecule has 0 aliphatic heterocycles. The minimum absolute atomic E-state index is 0.0626. The highest BCUT2D eigenvalue weighted by Crippen LogP contribution is 2.18. The van der Waals surface area contributed by atoms with E-state index in [9.17, 15) is 14.4 Å². The van der Waals surface area contributed by atoms with E-state index >= 15 is 0 Å². The smallest absolute Gasteiger partial charge is 0.306 e. The van der Waals surface area contributed by atoms with Crippen molar-refractivity contribution in [3.63, 3.8) is 0 Å². The summed E-state index contributed by atoms with van der Waals surface area (Å²) < 4.78 is 16.9. The van der Waals surface area contributed by atoms with Crippen LogP contribution >= 0.6 is 0 Å². The number of esters is 3. The summed E-state index contributed by atoms with van der Waals surface area (Å²) in [7, 11) is 0. The summed E-state index contributed by atoms with van der Waals surface area (Å²) >= 11 is 0. The molecule has 1 atom stereocenters. The second-order valence-electron chi connectivity index (χ2n) is 21.6. The summed E-state index contributed by atoms with van der Waals surface area (Å²) in [6.45, 7) is 11.4. The lowest BCUT2D eigenvalue weighted by Crippen LogP contribution is -2.30. The van der Waals surface area contributed by atoms with E-state index < -0.39 is 6.10 Å². The highest BCUT2D eigenvalue weighted by Gasteiger charge is 2.19. The van der Waals surface area contributed by atoms with Gasteiger partial charge in [0.2, 0.25) is 0 Å². The zero-order valence-electron chi connectivity index (χ0n) is 45.3. The SMILES string of the molecule is CCCCCCCCCCCCCCCCCCCCC(=O)O[C@@H](COC(=O)CCCCCCCCCCCCCCCC(C)C)COC(=O)CCCCCCCCCCCCCC(C)C. The van der Waals surface area contributed by atoms with Crippen molar-refractivity contribution in [2.45, 2.75) is 343 Å². The second-order valence-corrected chi connectivity index (χ2v) is 21.6. The van der Waals surface area contributed by atoms with Crippen LogP contribution in [0.4, 0.5) is 0 Å². The van der Waals surface area contributed by atoms with Gasteiger partial charge in [-0.15, -0.1) is 0 Å². The Morgan fingerprint density at radius 3 is 0.742 bits per heavy atom. The Labute approximate surface area is 412 Å². The first-order valence-electron chi connectivity index (χ1n) is 29.7. The van der Waals surface area contributed by atoms with Gasteiger partial charge in [0.15, 0.2) is 6.10 Å². The molecule has 0 aromatic carbocycles. The molecule has 66 heavy (non-hydrogen) atoms. The molecule has 392 valence electrons. The highest BCUT2D eigenvalue weighted by atomic mass is 16.6. The zero-order valence-corrected chi connectivity index (χ0v) is 45.3. The van der Waals surface area contributed by atoms with Crippen molar-refractivity contribution in [3.8, 4) is 0 Å². The van der Waals surface area contributed by atoms with Gasteiger partial charge in [0.05, 0.1) is 0 Å². The van der Waals surface area contributed by atoms with Crippen molar-refractivity contribution < 1.29 is 28.6 Å². The molecule has 0 aromatic rings. The molecule has 0 N–H and O–H groups in total. The Bertz CT molecular complexity index is 1010. The van der Waals surface area contributed by atoms with Crippen LogP contribution < -0.4 is 0 Å². The normalized spacial score (nSPS) is 12.0. The van der Waals surface area contributed by atoms with Gasteiger partial charge in [0, 0.05) is 19.3 Å². The fourth-order valence-electron chi connectivity index (χ4n) is 9.23. The third kappa shape index (κ3) is 53.4. The molecule has 0 saturated heterocycles. The minimum Gasteiger partial charge on any atom is -0.462 e. The Balaban J connectivity index is 4.30. The average Bonchev–Trinajstić information content (AvgIpc) is 3.29. The summed E-state index contributed by atoms with van der Waals surface area (Å²) in [6, 6.07) is 0. The fraction of sp³-hybridized carbons (Fsp3) is 0.950. The number of unbranched alkanes of at least 4 members (excludes halogenated alkanes) is 39. The molecule has 0 unspecified atom stereocenters. The van der Waals surface area contributed by atoms with Gasteiger partial charge in [0.25, 0.3) is 0 Å². The molecule has 0 aromatic heterocycles. The molecule has 6 nitrogen and oxygen atoms in total. The number of hydrogen-bond donors (Lipinski definition) is 0. The lowest BCUT2D eigenvalue weighted by molar-refractivity contribution is -0.167. The lowest BCUT2D eigenvalue weighted by Gasteiger charge is -2.18. The molecule has 0 aliphatic carbocycles. The van der Waals surface area contributed by atoms with Crippen molar-refractivity contribution in [2.75, 3.05) is 13.2 Å². The third-order valence-electron chi connectivity index (χ3n) is 13.7. The van der Waals surface area contributed by atoms with E-state index in [1.54, 1.807) is 0 Å². The van der Waals surface area contributed by atoms with E-state index in [0.717, 1.165) is 69.6 Å². The fourth-order valence-corrected chi connectivity index (χ4v) is 9.23. The van der Waals surface area contributed by atoms with Crippen LogP contribution in [0.3, 0.4) is 0 Å². The van der Waals surface area contributed by atoms with Crippen molar-refractivity contribution in [1.82, 2.24) is 0 Å². The largest absolute Gasteiger partial charge is 0.462 e. The maximum atomic E-state index is 12.9. The van der Waals surface area contributed by atoms with E-state index in [1.807, 2.05) is 0 Å².